The van der Waals surface area contributed by atoms with Crippen molar-refractivity contribution in [3.05, 3.63) is 52.3 Å². The van der Waals surface area contributed by atoms with Crippen LogP contribution in [0.5, 0.6) is 0 Å². The summed E-state index contributed by atoms with van der Waals surface area (Å²) in [4.78, 5) is 10.8. The van der Waals surface area contributed by atoms with Crippen LogP contribution in [0.15, 0.2) is 30.5 Å². The van der Waals surface area contributed by atoms with Gasteiger partial charge >= 0.3 is 12.1 Å². The average molecular weight is 305 g/mol. The molecule has 0 radical (unpaired) electrons. The Morgan fingerprint density at radius 3 is 2.55 bits per heavy atom. The molecule has 1 aromatic carbocycles. The lowest BCUT2D eigenvalue weighted by molar-refractivity contribution is -0.138. The molecule has 1 heterocycles. The second kappa shape index (κ2) is 5.16. The number of carbonyl (C=O) groups is 1. The Kier molecular flexibility index (Phi) is 3.71. The van der Waals surface area contributed by atoms with Gasteiger partial charge in [-0.25, -0.2) is 9.48 Å². The number of hydrogen-bond acceptors (Lipinski definition) is 2. The third kappa shape index (κ3) is 2.77. The minimum absolute atomic E-state index is 0.0399. The molecule has 106 valence electrons. The summed E-state index contributed by atoms with van der Waals surface area (Å²) in [6.07, 6.45) is -3.49. The molecule has 0 atom stereocenters. The van der Waals surface area contributed by atoms with Crippen LogP contribution < -0.4 is 0 Å². The van der Waals surface area contributed by atoms with Crippen molar-refractivity contribution >= 4 is 17.6 Å². The van der Waals surface area contributed by atoms with Crippen LogP contribution in [0.2, 0.25) is 5.15 Å². The highest BCUT2D eigenvalue weighted by Crippen LogP contribution is 2.32. The van der Waals surface area contributed by atoms with Crippen molar-refractivity contribution in [1.82, 2.24) is 9.78 Å². The maximum Gasteiger partial charge on any atom is 0.416 e. The van der Waals surface area contributed by atoms with Gasteiger partial charge in [0.25, 0.3) is 0 Å². The summed E-state index contributed by atoms with van der Waals surface area (Å²) in [6.45, 7) is -0.262. The molecule has 1 aromatic heterocycles. The van der Waals surface area contributed by atoms with Gasteiger partial charge in [-0.15, -0.1) is 0 Å². The molecular formula is C12H8ClF3N2O2. The van der Waals surface area contributed by atoms with Crippen LogP contribution in [0.4, 0.5) is 13.2 Å². The van der Waals surface area contributed by atoms with Gasteiger partial charge in [0.15, 0.2) is 0 Å². The smallest absolute Gasteiger partial charge is 0.416 e. The van der Waals surface area contributed by atoms with E-state index in [1.54, 1.807) is 0 Å². The van der Waals surface area contributed by atoms with Crippen molar-refractivity contribution in [3.8, 4) is 0 Å². The zero-order chi connectivity index (χ0) is 14.9. The van der Waals surface area contributed by atoms with Crippen molar-refractivity contribution in [3.63, 3.8) is 0 Å². The number of benzene rings is 1. The lowest BCUT2D eigenvalue weighted by atomic mass is 10.1. The summed E-state index contributed by atoms with van der Waals surface area (Å²) >= 11 is 5.77. The first kappa shape index (κ1) is 14.4. The summed E-state index contributed by atoms with van der Waals surface area (Å²) in [5.41, 5.74) is -1.10. The van der Waals surface area contributed by atoms with Gasteiger partial charge in [0.1, 0.15) is 10.7 Å². The van der Waals surface area contributed by atoms with Gasteiger partial charge in [-0.2, -0.15) is 18.3 Å². The van der Waals surface area contributed by atoms with Crippen LogP contribution >= 0.6 is 11.6 Å². The van der Waals surface area contributed by atoms with Crippen LogP contribution in [0.1, 0.15) is 21.5 Å². The van der Waals surface area contributed by atoms with E-state index in [0.717, 1.165) is 16.9 Å². The third-order valence-electron chi connectivity index (χ3n) is 2.65. The number of aromatic carboxylic acids is 1. The van der Waals surface area contributed by atoms with Crippen LogP contribution in [0.25, 0.3) is 0 Å². The normalized spacial score (nSPS) is 11.6. The first-order valence-corrected chi connectivity index (χ1v) is 5.78. The number of aromatic nitrogens is 2. The molecule has 0 unspecified atom stereocenters. The van der Waals surface area contributed by atoms with Gasteiger partial charge in [0.05, 0.1) is 18.3 Å². The van der Waals surface area contributed by atoms with Gasteiger partial charge in [0.2, 0.25) is 0 Å². The molecular weight excluding hydrogens is 297 g/mol. The van der Waals surface area contributed by atoms with Crippen molar-refractivity contribution in [2.75, 3.05) is 0 Å². The molecule has 0 aliphatic rings. The van der Waals surface area contributed by atoms with E-state index >= 15 is 0 Å². The monoisotopic (exact) mass is 304 g/mol. The zero-order valence-electron chi connectivity index (χ0n) is 9.86. The molecule has 0 spiro atoms. The first-order valence-electron chi connectivity index (χ1n) is 5.40. The molecule has 0 saturated carbocycles. The number of nitrogens with zero attached hydrogens (tertiary/aromatic N) is 2. The van der Waals surface area contributed by atoms with Gasteiger partial charge in [-0.05, 0) is 11.6 Å². The highest BCUT2D eigenvalue weighted by atomic mass is 35.5. The quantitative estimate of drug-likeness (QED) is 0.946. The van der Waals surface area contributed by atoms with Crippen molar-refractivity contribution in [1.29, 1.82) is 0 Å². The Bertz CT molecular complexity index is 652. The predicted octanol–water partition coefficient (Wildman–Crippen LogP) is 3.30. The maximum absolute atomic E-state index is 12.8. The second-order valence-electron chi connectivity index (χ2n) is 3.97. The molecule has 0 saturated heterocycles. The molecule has 0 aliphatic heterocycles. The van der Waals surface area contributed by atoms with E-state index in [1.807, 2.05) is 0 Å². The van der Waals surface area contributed by atoms with E-state index < -0.39 is 17.7 Å². The Hall–Kier alpha value is -2.02. The van der Waals surface area contributed by atoms with Gasteiger partial charge in [-0.1, -0.05) is 29.8 Å². The largest absolute Gasteiger partial charge is 0.478 e. The predicted molar refractivity (Wildman–Crippen MR) is 64.7 cm³/mol. The Balaban J connectivity index is 2.39. The second-order valence-corrected chi connectivity index (χ2v) is 4.32. The summed E-state index contributed by atoms with van der Waals surface area (Å²) < 4.78 is 39.5. The van der Waals surface area contributed by atoms with Gasteiger partial charge < -0.3 is 5.11 Å². The van der Waals surface area contributed by atoms with E-state index in [0.29, 0.717) is 0 Å². The van der Waals surface area contributed by atoms with Gasteiger partial charge in [-0.3, -0.25) is 0 Å². The van der Waals surface area contributed by atoms with Crippen LogP contribution in [-0.4, -0.2) is 20.9 Å². The standard InChI is InChI=1S/C12H8ClF3N2O2/c13-10-8(11(19)20)5-17-18(10)6-7-3-1-2-4-9(7)12(14,15)16/h1-5H,6H2,(H,19,20). The zero-order valence-corrected chi connectivity index (χ0v) is 10.6. The fraction of sp³-hybridized carbons (Fsp3) is 0.167. The Labute approximate surface area is 116 Å². The maximum atomic E-state index is 12.8. The first-order chi connectivity index (χ1) is 9.30. The van der Waals surface area contributed by atoms with E-state index in [4.69, 9.17) is 16.7 Å². The van der Waals surface area contributed by atoms with Crippen molar-refractivity contribution in [2.45, 2.75) is 12.7 Å². The van der Waals surface area contributed by atoms with E-state index in [9.17, 15) is 18.0 Å². The molecule has 20 heavy (non-hydrogen) atoms. The summed E-state index contributed by atoms with van der Waals surface area (Å²) in [5.74, 6) is -1.29. The fourth-order valence-corrected chi connectivity index (χ4v) is 1.95. The lowest BCUT2D eigenvalue weighted by Gasteiger charge is -2.13. The highest BCUT2D eigenvalue weighted by Gasteiger charge is 2.33. The lowest BCUT2D eigenvalue weighted by Crippen LogP contribution is -2.12. The number of alkyl halides is 3. The average Bonchev–Trinajstić information content (AvgIpc) is 2.70. The number of hydrogen-bond donors (Lipinski definition) is 1. The number of carboxylic acid groups (broad SMARTS) is 1. The molecule has 4 nitrogen and oxygen atoms in total. The van der Waals surface area contributed by atoms with Crippen LogP contribution in [0, 0.1) is 0 Å². The van der Waals surface area contributed by atoms with E-state index in [2.05, 4.69) is 5.10 Å². The van der Waals surface area contributed by atoms with Crippen molar-refractivity contribution in [2.24, 2.45) is 0 Å². The summed E-state index contributed by atoms with van der Waals surface area (Å²) in [5, 5.41) is 12.3. The van der Waals surface area contributed by atoms with Crippen LogP contribution in [0.3, 0.4) is 0 Å². The molecule has 0 bridgehead atoms. The van der Waals surface area contributed by atoms with Gasteiger partial charge in [0, 0.05) is 0 Å². The van der Waals surface area contributed by atoms with E-state index in [1.165, 1.54) is 18.2 Å². The fourth-order valence-electron chi connectivity index (χ4n) is 1.72. The molecule has 2 rings (SSSR count). The third-order valence-corrected chi connectivity index (χ3v) is 3.05. The Morgan fingerprint density at radius 2 is 2.00 bits per heavy atom. The minimum atomic E-state index is -4.49. The highest BCUT2D eigenvalue weighted by molar-refractivity contribution is 6.32. The number of rotatable bonds is 3. The summed E-state index contributed by atoms with van der Waals surface area (Å²) in [6, 6.07) is 4.98. The van der Waals surface area contributed by atoms with Crippen molar-refractivity contribution < 1.29 is 23.1 Å². The molecule has 0 amide bonds. The molecule has 0 fully saturated rings. The molecule has 2 aromatic rings. The topological polar surface area (TPSA) is 55.1 Å². The SMILES string of the molecule is O=C(O)c1cnn(Cc2ccccc2C(F)(F)F)c1Cl. The van der Waals surface area contributed by atoms with Crippen LogP contribution in [-0.2, 0) is 12.7 Å². The minimum Gasteiger partial charge on any atom is -0.478 e. The number of carboxylic acids is 1. The van der Waals surface area contributed by atoms with E-state index in [-0.39, 0.29) is 22.8 Å². The summed E-state index contributed by atoms with van der Waals surface area (Å²) in [7, 11) is 0. The molecule has 0 aliphatic carbocycles. The number of halogens is 4. The molecule has 1 N–H and O–H groups in total. The molecule has 8 heteroatoms. The Morgan fingerprint density at radius 1 is 1.35 bits per heavy atom.